The molecule has 0 bridgehead atoms. The molecule has 29 heavy (non-hydrogen) atoms. The second kappa shape index (κ2) is 8.83. The number of amides is 1. The van der Waals surface area contributed by atoms with Crippen molar-refractivity contribution in [1.82, 2.24) is 10.6 Å². The number of aliphatic imine (C=N–C) groups is 1. The Morgan fingerprint density at radius 1 is 1.28 bits per heavy atom. The molecule has 1 heterocycles. The van der Waals surface area contributed by atoms with Gasteiger partial charge in [-0.2, -0.15) is 0 Å². The lowest BCUT2D eigenvalue weighted by Gasteiger charge is -2.22. The summed E-state index contributed by atoms with van der Waals surface area (Å²) in [5.41, 5.74) is 1.70. The highest BCUT2D eigenvalue weighted by Gasteiger charge is 2.29. The summed E-state index contributed by atoms with van der Waals surface area (Å²) in [5, 5.41) is 14.5. The molecule has 1 aromatic rings. The number of allylic oxidation sites excluding steroid dienone is 1. The van der Waals surface area contributed by atoms with Crippen LogP contribution < -0.4 is 21.1 Å². The van der Waals surface area contributed by atoms with Gasteiger partial charge in [-0.05, 0) is 57.4 Å². The highest BCUT2D eigenvalue weighted by Crippen LogP contribution is 2.32. The summed E-state index contributed by atoms with van der Waals surface area (Å²) >= 11 is 0. The van der Waals surface area contributed by atoms with Crippen molar-refractivity contribution < 1.29 is 17.9 Å². The van der Waals surface area contributed by atoms with Crippen LogP contribution in [0.2, 0.25) is 0 Å². The largest absolute Gasteiger partial charge is 0.447 e. The quantitative estimate of drug-likeness (QED) is 0.554. The van der Waals surface area contributed by atoms with Gasteiger partial charge in [0.2, 0.25) is 10.0 Å². The molecule has 0 spiro atoms. The van der Waals surface area contributed by atoms with Crippen LogP contribution in [0.15, 0.2) is 46.1 Å². The number of alkyl carbamates (subject to hydrolysis) is 1. The predicted octanol–water partition coefficient (Wildman–Crippen LogP) is 1.89. The maximum Gasteiger partial charge on any atom is 0.407 e. The second-order valence-electron chi connectivity index (χ2n) is 7.51. The molecule has 158 valence electrons. The van der Waals surface area contributed by atoms with E-state index in [4.69, 9.17) is 9.88 Å². The van der Waals surface area contributed by atoms with Gasteiger partial charge in [-0.3, -0.25) is 4.99 Å². The number of hydrogen-bond donors (Lipinski definition) is 4. The van der Waals surface area contributed by atoms with Crippen molar-refractivity contribution in [2.24, 2.45) is 16.0 Å². The molecule has 5 N–H and O–H groups in total. The fourth-order valence-corrected chi connectivity index (χ4v) is 3.95. The zero-order valence-electron chi connectivity index (χ0n) is 16.5. The van der Waals surface area contributed by atoms with Gasteiger partial charge >= 0.3 is 6.09 Å². The van der Waals surface area contributed by atoms with Crippen molar-refractivity contribution in [2.75, 3.05) is 5.32 Å². The lowest BCUT2D eigenvalue weighted by Crippen LogP contribution is -2.37. The fourth-order valence-electron chi connectivity index (χ4n) is 3.43. The molecule has 2 aliphatic rings. The maximum absolute atomic E-state index is 11.7. The van der Waals surface area contributed by atoms with Crippen molar-refractivity contribution in [1.29, 1.82) is 0 Å². The van der Waals surface area contributed by atoms with Gasteiger partial charge in [-0.1, -0.05) is 0 Å². The number of nitrogens with one attached hydrogen (secondary N) is 3. The number of rotatable bonds is 6. The summed E-state index contributed by atoms with van der Waals surface area (Å²) < 4.78 is 27.8. The minimum absolute atomic E-state index is 0.0668. The van der Waals surface area contributed by atoms with Crippen LogP contribution in [0.1, 0.15) is 33.1 Å². The average molecular weight is 422 g/mol. The number of carbonyl (C=O) groups is 1. The number of primary sulfonamides is 1. The minimum Gasteiger partial charge on any atom is -0.447 e. The zero-order valence-corrected chi connectivity index (χ0v) is 17.3. The molecule has 1 amide bonds. The zero-order chi connectivity index (χ0) is 21.0. The molecule has 3 rings (SSSR count). The molecule has 0 radical (unpaired) electrons. The molecule has 9 nitrogen and oxygen atoms in total. The van der Waals surface area contributed by atoms with Crippen molar-refractivity contribution in [3.05, 3.63) is 36.2 Å². The van der Waals surface area contributed by atoms with E-state index in [1.165, 1.54) is 12.1 Å². The van der Waals surface area contributed by atoms with Crippen LogP contribution in [0.3, 0.4) is 0 Å². The van der Waals surface area contributed by atoms with Crippen LogP contribution in [0.4, 0.5) is 10.5 Å². The normalized spacial score (nSPS) is 24.0. The second-order valence-corrected chi connectivity index (χ2v) is 9.07. The number of nitrogens with two attached hydrogens (primary N) is 1. The van der Waals surface area contributed by atoms with Crippen molar-refractivity contribution in [2.45, 2.75) is 56.3 Å². The monoisotopic (exact) mass is 421 g/mol. The summed E-state index contributed by atoms with van der Waals surface area (Å²) in [6.07, 6.45) is 5.60. The summed E-state index contributed by atoms with van der Waals surface area (Å²) in [6, 6.07) is 6.30. The van der Waals surface area contributed by atoms with Crippen LogP contribution in [-0.4, -0.2) is 39.0 Å². The molecule has 3 atom stereocenters. The molecule has 0 saturated heterocycles. The standard InChI is InChI=1S/C19H27N5O4S/c1-12(2)28-19(25)24-15-4-3-13(9-15)17-10-22-18(11-21-17)23-14-5-7-16(8-6-14)29(20,26)27/h5-8,10-13,15,18,22-23H,3-4,9H2,1-2H3,(H,24,25)(H2,20,26,27)/t13-,15+,18?/m1/s1. The van der Waals surface area contributed by atoms with Crippen LogP contribution in [0, 0.1) is 5.92 Å². The maximum atomic E-state index is 11.7. The summed E-state index contributed by atoms with van der Waals surface area (Å²) in [5.74, 6) is 0.276. The lowest BCUT2D eigenvalue weighted by atomic mass is 10.0. The first-order valence-electron chi connectivity index (χ1n) is 9.57. The predicted molar refractivity (Wildman–Crippen MR) is 111 cm³/mol. The molecule has 10 heteroatoms. The van der Waals surface area contributed by atoms with Gasteiger partial charge in [-0.25, -0.2) is 18.4 Å². The molecular formula is C19H27N5O4S. The van der Waals surface area contributed by atoms with Gasteiger partial charge in [0.15, 0.2) is 0 Å². The van der Waals surface area contributed by atoms with Crippen LogP contribution >= 0.6 is 0 Å². The van der Waals surface area contributed by atoms with Gasteiger partial charge in [-0.15, -0.1) is 0 Å². The lowest BCUT2D eigenvalue weighted by molar-refractivity contribution is 0.112. The smallest absolute Gasteiger partial charge is 0.407 e. The molecule has 1 fully saturated rings. The van der Waals surface area contributed by atoms with Crippen molar-refractivity contribution in [3.8, 4) is 0 Å². The van der Waals surface area contributed by atoms with E-state index in [-0.39, 0.29) is 35.2 Å². The number of ether oxygens (including phenoxy) is 1. The van der Waals surface area contributed by atoms with Crippen molar-refractivity contribution in [3.63, 3.8) is 0 Å². The molecule has 1 saturated carbocycles. The van der Waals surface area contributed by atoms with Crippen molar-refractivity contribution >= 4 is 28.0 Å². The van der Waals surface area contributed by atoms with Crippen LogP contribution in [-0.2, 0) is 14.8 Å². The van der Waals surface area contributed by atoms with Crippen LogP contribution in [0.25, 0.3) is 0 Å². The molecule has 0 aromatic heterocycles. The number of benzene rings is 1. The van der Waals surface area contributed by atoms with Gasteiger partial charge in [0.05, 0.1) is 16.7 Å². The summed E-state index contributed by atoms with van der Waals surface area (Å²) in [7, 11) is -3.70. The van der Waals surface area contributed by atoms with E-state index in [2.05, 4.69) is 20.9 Å². The topological polar surface area (TPSA) is 135 Å². The van der Waals surface area contributed by atoms with E-state index in [0.29, 0.717) is 0 Å². The van der Waals surface area contributed by atoms with E-state index in [1.54, 1.807) is 18.3 Å². The third kappa shape index (κ3) is 5.94. The van der Waals surface area contributed by atoms with E-state index < -0.39 is 10.0 Å². The molecule has 1 aliphatic heterocycles. The first-order valence-corrected chi connectivity index (χ1v) is 11.1. The third-order valence-electron chi connectivity index (χ3n) is 4.80. The Balaban J connectivity index is 1.49. The first kappa shape index (κ1) is 21.1. The minimum atomic E-state index is -3.70. The van der Waals surface area contributed by atoms with Crippen LogP contribution in [0.5, 0.6) is 0 Å². The number of sulfonamides is 1. The molecule has 1 aromatic carbocycles. The van der Waals surface area contributed by atoms with Gasteiger partial charge in [0.25, 0.3) is 0 Å². The number of carbonyl (C=O) groups excluding carboxylic acids is 1. The molecular weight excluding hydrogens is 394 g/mol. The average Bonchev–Trinajstić information content (AvgIpc) is 3.09. The van der Waals surface area contributed by atoms with Gasteiger partial charge < -0.3 is 20.7 Å². The van der Waals surface area contributed by atoms with Gasteiger partial charge in [0.1, 0.15) is 6.17 Å². The van der Waals surface area contributed by atoms with Gasteiger partial charge in [0, 0.05) is 30.1 Å². The van der Waals surface area contributed by atoms with E-state index >= 15 is 0 Å². The SMILES string of the molecule is CC(C)OC(=O)N[C@H]1CC[C@@H](C2=CNC(Nc3ccc(S(N)(=O)=O)cc3)C=N2)C1. The fraction of sp³-hybridized carbons (Fsp3) is 0.474. The molecule has 1 aliphatic carbocycles. The highest BCUT2D eigenvalue weighted by atomic mass is 32.2. The Morgan fingerprint density at radius 2 is 2.00 bits per heavy atom. The number of hydrogen-bond acceptors (Lipinski definition) is 7. The first-order chi connectivity index (χ1) is 13.7. The molecule has 1 unspecified atom stereocenters. The third-order valence-corrected chi connectivity index (χ3v) is 5.73. The number of nitrogens with zero attached hydrogens (tertiary/aromatic N) is 1. The Labute approximate surface area is 170 Å². The Hall–Kier alpha value is -2.59. The van der Waals surface area contributed by atoms with E-state index in [1.807, 2.05) is 20.0 Å². The summed E-state index contributed by atoms with van der Waals surface area (Å²) in [4.78, 5) is 16.4. The van der Waals surface area contributed by atoms with E-state index in [0.717, 1.165) is 30.6 Å². The highest BCUT2D eigenvalue weighted by molar-refractivity contribution is 7.89. The Morgan fingerprint density at radius 3 is 2.59 bits per heavy atom. The van der Waals surface area contributed by atoms with E-state index in [9.17, 15) is 13.2 Å². The number of anilines is 1. The summed E-state index contributed by atoms with van der Waals surface area (Å²) in [6.45, 7) is 3.65. The Kier molecular flexibility index (Phi) is 6.43. The Bertz CT molecular complexity index is 896.